The number of hydrogen-bond acceptors (Lipinski definition) is 3. The van der Waals surface area contributed by atoms with Gasteiger partial charge in [-0.1, -0.05) is 61.5 Å². The lowest BCUT2D eigenvalue weighted by Crippen LogP contribution is -2.46. The third-order valence-corrected chi connectivity index (χ3v) is 5.75. The SMILES string of the molecule is CC[C@@]1(c2ccccc2)NC(=O)N(CC(=O)N2CCc3ccccc3C2)C1=O. The largest absolute Gasteiger partial charge is 0.336 e. The van der Waals surface area contributed by atoms with Crippen molar-refractivity contribution in [2.45, 2.75) is 31.8 Å². The second kappa shape index (κ2) is 7.11. The lowest BCUT2D eigenvalue weighted by atomic mass is 9.87. The summed E-state index contributed by atoms with van der Waals surface area (Å²) in [6, 6.07) is 16.7. The Morgan fingerprint density at radius 2 is 1.71 bits per heavy atom. The molecule has 0 saturated carbocycles. The first kappa shape index (κ1) is 18.2. The number of urea groups is 1. The van der Waals surface area contributed by atoms with Crippen LogP contribution in [0.5, 0.6) is 0 Å². The van der Waals surface area contributed by atoms with E-state index >= 15 is 0 Å². The van der Waals surface area contributed by atoms with Crippen molar-refractivity contribution in [2.75, 3.05) is 13.1 Å². The number of rotatable bonds is 4. The molecule has 1 fully saturated rings. The number of fused-ring (bicyclic) bond motifs is 1. The number of amides is 4. The third kappa shape index (κ3) is 2.95. The van der Waals surface area contributed by atoms with E-state index in [1.807, 2.05) is 55.5 Å². The van der Waals surface area contributed by atoms with E-state index in [4.69, 9.17) is 0 Å². The highest BCUT2D eigenvalue weighted by Crippen LogP contribution is 2.32. The van der Waals surface area contributed by atoms with Gasteiger partial charge in [0.05, 0.1) is 0 Å². The molecule has 0 aromatic heterocycles. The van der Waals surface area contributed by atoms with Gasteiger partial charge in [-0.05, 0) is 29.5 Å². The highest BCUT2D eigenvalue weighted by Gasteiger charge is 2.51. The topological polar surface area (TPSA) is 69.7 Å². The van der Waals surface area contributed by atoms with E-state index in [2.05, 4.69) is 11.4 Å². The normalized spacial score (nSPS) is 21.5. The van der Waals surface area contributed by atoms with Crippen molar-refractivity contribution < 1.29 is 14.4 Å². The summed E-state index contributed by atoms with van der Waals surface area (Å²) in [5, 5.41) is 2.82. The molecule has 1 N–H and O–H groups in total. The Morgan fingerprint density at radius 1 is 1.04 bits per heavy atom. The number of carbonyl (C=O) groups excluding carboxylic acids is 3. The van der Waals surface area contributed by atoms with Crippen LogP contribution in [0, 0.1) is 0 Å². The molecule has 0 aliphatic carbocycles. The van der Waals surface area contributed by atoms with Crippen molar-refractivity contribution in [1.29, 1.82) is 0 Å². The van der Waals surface area contributed by atoms with Crippen LogP contribution < -0.4 is 5.32 Å². The number of imide groups is 1. The first-order valence-electron chi connectivity index (χ1n) is 9.59. The summed E-state index contributed by atoms with van der Waals surface area (Å²) in [4.78, 5) is 41.3. The van der Waals surface area contributed by atoms with Crippen LogP contribution in [0.3, 0.4) is 0 Å². The fraction of sp³-hybridized carbons (Fsp3) is 0.318. The summed E-state index contributed by atoms with van der Waals surface area (Å²) >= 11 is 0. The number of nitrogens with zero attached hydrogens (tertiary/aromatic N) is 2. The van der Waals surface area contributed by atoms with Crippen molar-refractivity contribution >= 4 is 17.8 Å². The van der Waals surface area contributed by atoms with Crippen molar-refractivity contribution in [3.63, 3.8) is 0 Å². The maximum absolute atomic E-state index is 13.2. The predicted molar refractivity (Wildman–Crippen MR) is 104 cm³/mol. The van der Waals surface area contributed by atoms with Crippen LogP contribution in [0.15, 0.2) is 54.6 Å². The number of nitrogens with one attached hydrogen (secondary N) is 1. The van der Waals surface area contributed by atoms with Crippen LogP contribution >= 0.6 is 0 Å². The molecule has 1 atom stereocenters. The Hall–Kier alpha value is -3.15. The molecular formula is C22H23N3O3. The van der Waals surface area contributed by atoms with Gasteiger partial charge in [0.2, 0.25) is 5.91 Å². The second-order valence-electron chi connectivity index (χ2n) is 7.28. The molecule has 6 nitrogen and oxygen atoms in total. The lowest BCUT2D eigenvalue weighted by Gasteiger charge is -2.30. The zero-order valence-electron chi connectivity index (χ0n) is 15.9. The van der Waals surface area contributed by atoms with Crippen LogP contribution in [0.25, 0.3) is 0 Å². The number of hydrogen-bond donors (Lipinski definition) is 1. The van der Waals surface area contributed by atoms with Crippen LogP contribution in [-0.4, -0.2) is 40.7 Å². The summed E-state index contributed by atoms with van der Waals surface area (Å²) in [5.41, 5.74) is 1.99. The van der Waals surface area contributed by atoms with Crippen LogP contribution in [0.1, 0.15) is 30.0 Å². The van der Waals surface area contributed by atoms with Crippen LogP contribution in [-0.2, 0) is 28.1 Å². The third-order valence-electron chi connectivity index (χ3n) is 5.75. The molecule has 2 aliphatic rings. The molecule has 2 heterocycles. The first-order chi connectivity index (χ1) is 13.5. The molecule has 4 rings (SSSR count). The molecule has 0 bridgehead atoms. The summed E-state index contributed by atoms with van der Waals surface area (Å²) in [5.74, 6) is -0.574. The highest BCUT2D eigenvalue weighted by molar-refractivity contribution is 6.09. The standard InChI is InChI=1S/C22H23N3O3/c1-2-22(18-10-4-3-5-11-18)20(27)25(21(28)23-22)15-19(26)24-13-12-16-8-6-7-9-17(16)14-24/h3-11H,2,12-15H2,1H3,(H,23,28)/t22-/m0/s1. The Morgan fingerprint density at radius 3 is 2.43 bits per heavy atom. The molecule has 2 aromatic rings. The molecule has 2 aromatic carbocycles. The van der Waals surface area contributed by atoms with E-state index in [1.165, 1.54) is 5.56 Å². The molecule has 28 heavy (non-hydrogen) atoms. The van der Waals surface area contributed by atoms with Gasteiger partial charge in [-0.15, -0.1) is 0 Å². The molecule has 0 unspecified atom stereocenters. The number of carbonyl (C=O) groups is 3. The smallest absolute Gasteiger partial charge is 0.325 e. The van der Waals surface area contributed by atoms with E-state index < -0.39 is 11.6 Å². The molecular weight excluding hydrogens is 354 g/mol. The highest BCUT2D eigenvalue weighted by atomic mass is 16.2. The van der Waals surface area contributed by atoms with Gasteiger partial charge in [0.15, 0.2) is 0 Å². The molecule has 0 radical (unpaired) electrons. The summed E-state index contributed by atoms with van der Waals surface area (Å²) in [6.45, 7) is 2.73. The second-order valence-corrected chi connectivity index (χ2v) is 7.28. The van der Waals surface area contributed by atoms with Gasteiger partial charge in [0.1, 0.15) is 12.1 Å². The minimum Gasteiger partial charge on any atom is -0.336 e. The predicted octanol–water partition coefficient (Wildman–Crippen LogP) is 2.43. The molecule has 0 spiro atoms. The van der Waals surface area contributed by atoms with E-state index in [0.717, 1.165) is 22.4 Å². The fourth-order valence-corrected chi connectivity index (χ4v) is 4.08. The van der Waals surface area contributed by atoms with Crippen molar-refractivity contribution in [3.05, 3.63) is 71.3 Å². The van der Waals surface area contributed by atoms with Crippen LogP contribution in [0.4, 0.5) is 4.79 Å². The van der Waals surface area contributed by atoms with E-state index in [-0.39, 0.29) is 18.4 Å². The van der Waals surface area contributed by atoms with Crippen molar-refractivity contribution in [3.8, 4) is 0 Å². The minimum atomic E-state index is -1.10. The average Bonchev–Trinajstić information content (AvgIpc) is 2.99. The van der Waals surface area contributed by atoms with Crippen molar-refractivity contribution in [2.24, 2.45) is 0 Å². The van der Waals surface area contributed by atoms with Gasteiger partial charge in [-0.25, -0.2) is 4.79 Å². The van der Waals surface area contributed by atoms with Gasteiger partial charge < -0.3 is 10.2 Å². The minimum absolute atomic E-state index is 0.210. The summed E-state index contributed by atoms with van der Waals surface area (Å²) in [7, 11) is 0. The Balaban J connectivity index is 1.52. The quantitative estimate of drug-likeness (QED) is 0.832. The maximum Gasteiger partial charge on any atom is 0.325 e. The monoisotopic (exact) mass is 377 g/mol. The van der Waals surface area contributed by atoms with E-state index in [0.29, 0.717) is 19.5 Å². The molecule has 6 heteroatoms. The van der Waals surface area contributed by atoms with E-state index in [1.54, 1.807) is 4.90 Å². The van der Waals surface area contributed by atoms with Crippen molar-refractivity contribution in [1.82, 2.24) is 15.1 Å². The Bertz CT molecular complexity index is 928. The summed E-state index contributed by atoms with van der Waals surface area (Å²) in [6.07, 6.45) is 1.20. The molecule has 4 amide bonds. The molecule has 1 saturated heterocycles. The molecule has 144 valence electrons. The number of benzene rings is 2. The average molecular weight is 377 g/mol. The van der Waals surface area contributed by atoms with Gasteiger partial charge >= 0.3 is 6.03 Å². The Labute approximate surface area is 164 Å². The zero-order chi connectivity index (χ0) is 19.7. The Kier molecular flexibility index (Phi) is 4.63. The first-order valence-corrected chi connectivity index (χ1v) is 9.59. The molecule has 2 aliphatic heterocycles. The van der Waals surface area contributed by atoms with E-state index in [9.17, 15) is 14.4 Å². The van der Waals surface area contributed by atoms with Crippen LogP contribution in [0.2, 0.25) is 0 Å². The van der Waals surface area contributed by atoms with Gasteiger partial charge in [0, 0.05) is 13.1 Å². The fourth-order valence-electron chi connectivity index (χ4n) is 4.08. The maximum atomic E-state index is 13.2. The summed E-state index contributed by atoms with van der Waals surface area (Å²) < 4.78 is 0. The van der Waals surface area contributed by atoms with Gasteiger partial charge in [0.25, 0.3) is 5.91 Å². The van der Waals surface area contributed by atoms with Gasteiger partial charge in [-0.2, -0.15) is 0 Å². The van der Waals surface area contributed by atoms with Gasteiger partial charge in [-0.3, -0.25) is 14.5 Å². The lowest BCUT2D eigenvalue weighted by molar-refractivity contribution is -0.139. The zero-order valence-corrected chi connectivity index (χ0v) is 15.9.